The molecule has 128 valence electrons. The number of amides is 2. The molecule has 0 radical (unpaired) electrons. The zero-order chi connectivity index (χ0) is 17.5. The first-order valence-electron chi connectivity index (χ1n) is 7.63. The summed E-state index contributed by atoms with van der Waals surface area (Å²) >= 11 is 1.42. The second-order valence-corrected chi connectivity index (χ2v) is 6.02. The van der Waals surface area contributed by atoms with Gasteiger partial charge < -0.3 is 15.2 Å². The number of aromatic nitrogens is 2. The highest BCUT2D eigenvalue weighted by molar-refractivity contribution is 7.08. The second kappa shape index (κ2) is 8.20. The highest BCUT2D eigenvalue weighted by Gasteiger charge is 2.11. The standard InChI is InChI=1S/C17H16N4O3S/c22-15(9-19-17(23)13-6-7-25-11-13)18-10-16-20-14(21-24-16)8-12-4-2-1-3-5-12/h1-7,11H,8-10H2,(H,18,22)(H,19,23). The summed E-state index contributed by atoms with van der Waals surface area (Å²) in [6.45, 7) is 0.00857. The minimum atomic E-state index is -0.327. The van der Waals surface area contributed by atoms with Crippen molar-refractivity contribution in [2.75, 3.05) is 6.54 Å². The van der Waals surface area contributed by atoms with E-state index in [9.17, 15) is 9.59 Å². The van der Waals surface area contributed by atoms with Gasteiger partial charge in [0.25, 0.3) is 5.91 Å². The lowest BCUT2D eigenvalue weighted by Gasteiger charge is -2.04. The Labute approximate surface area is 148 Å². The summed E-state index contributed by atoms with van der Waals surface area (Å²) in [5.74, 6) is 0.273. The van der Waals surface area contributed by atoms with Gasteiger partial charge in [0.1, 0.15) is 0 Å². The average molecular weight is 356 g/mol. The minimum Gasteiger partial charge on any atom is -0.345 e. The van der Waals surface area contributed by atoms with Crippen molar-refractivity contribution in [1.82, 2.24) is 20.8 Å². The van der Waals surface area contributed by atoms with Gasteiger partial charge in [0, 0.05) is 17.4 Å². The van der Waals surface area contributed by atoms with Crippen molar-refractivity contribution in [3.8, 4) is 0 Å². The number of carbonyl (C=O) groups excluding carboxylic acids is 2. The molecule has 0 saturated carbocycles. The zero-order valence-electron chi connectivity index (χ0n) is 13.3. The van der Waals surface area contributed by atoms with Crippen LogP contribution >= 0.6 is 11.3 Å². The molecule has 8 heteroatoms. The van der Waals surface area contributed by atoms with E-state index in [1.54, 1.807) is 16.8 Å². The average Bonchev–Trinajstić information content (AvgIpc) is 3.31. The van der Waals surface area contributed by atoms with Gasteiger partial charge >= 0.3 is 0 Å². The lowest BCUT2D eigenvalue weighted by molar-refractivity contribution is -0.120. The fourth-order valence-electron chi connectivity index (χ4n) is 2.11. The number of thiophene rings is 1. The molecule has 25 heavy (non-hydrogen) atoms. The summed E-state index contributed by atoms with van der Waals surface area (Å²) in [7, 11) is 0. The Balaban J connectivity index is 1.42. The van der Waals surface area contributed by atoms with Crippen molar-refractivity contribution in [3.05, 3.63) is 70.0 Å². The maximum atomic E-state index is 11.8. The molecule has 1 aromatic carbocycles. The first kappa shape index (κ1) is 16.8. The molecule has 0 aliphatic carbocycles. The number of carbonyl (C=O) groups is 2. The van der Waals surface area contributed by atoms with Crippen LogP contribution < -0.4 is 10.6 Å². The molecule has 0 atom stereocenters. The zero-order valence-corrected chi connectivity index (χ0v) is 14.1. The fraction of sp³-hybridized carbons (Fsp3) is 0.176. The molecular formula is C17H16N4O3S. The third-order valence-electron chi connectivity index (χ3n) is 3.34. The topological polar surface area (TPSA) is 97.1 Å². The molecule has 3 aromatic rings. The number of nitrogens with zero attached hydrogens (tertiary/aromatic N) is 2. The SMILES string of the molecule is O=C(CNC(=O)c1ccsc1)NCc1nc(Cc2ccccc2)no1. The number of rotatable bonds is 7. The monoisotopic (exact) mass is 356 g/mol. The predicted octanol–water partition coefficient (Wildman–Crippen LogP) is 1.77. The van der Waals surface area contributed by atoms with Gasteiger partial charge in [-0.25, -0.2) is 0 Å². The number of hydrogen-bond acceptors (Lipinski definition) is 6. The second-order valence-electron chi connectivity index (χ2n) is 5.24. The van der Waals surface area contributed by atoms with Crippen LogP contribution in [0.4, 0.5) is 0 Å². The number of hydrogen-bond donors (Lipinski definition) is 2. The Morgan fingerprint density at radius 3 is 2.72 bits per heavy atom. The smallest absolute Gasteiger partial charge is 0.252 e. The van der Waals surface area contributed by atoms with E-state index in [0.29, 0.717) is 23.7 Å². The van der Waals surface area contributed by atoms with Gasteiger partial charge in [0.2, 0.25) is 11.8 Å². The van der Waals surface area contributed by atoms with Gasteiger partial charge in [-0.15, -0.1) is 0 Å². The maximum absolute atomic E-state index is 11.8. The van der Waals surface area contributed by atoms with E-state index in [1.165, 1.54) is 11.3 Å². The van der Waals surface area contributed by atoms with Crippen molar-refractivity contribution >= 4 is 23.2 Å². The van der Waals surface area contributed by atoms with Crippen LogP contribution in [0.2, 0.25) is 0 Å². The van der Waals surface area contributed by atoms with Crippen molar-refractivity contribution in [2.45, 2.75) is 13.0 Å². The maximum Gasteiger partial charge on any atom is 0.252 e. The van der Waals surface area contributed by atoms with E-state index >= 15 is 0 Å². The molecule has 0 spiro atoms. The van der Waals surface area contributed by atoms with E-state index in [-0.39, 0.29) is 24.9 Å². The molecule has 3 rings (SSSR count). The van der Waals surface area contributed by atoms with Gasteiger partial charge in [-0.3, -0.25) is 9.59 Å². The first-order valence-corrected chi connectivity index (χ1v) is 8.57. The summed E-state index contributed by atoms with van der Waals surface area (Å²) in [4.78, 5) is 27.7. The molecule has 2 heterocycles. The van der Waals surface area contributed by atoms with E-state index in [2.05, 4.69) is 20.8 Å². The minimum absolute atomic E-state index is 0.111. The quantitative estimate of drug-likeness (QED) is 0.672. The van der Waals surface area contributed by atoms with Gasteiger partial charge in [0.15, 0.2) is 5.82 Å². The lowest BCUT2D eigenvalue weighted by atomic mass is 10.1. The molecule has 0 unspecified atom stereocenters. The normalized spacial score (nSPS) is 10.4. The summed E-state index contributed by atoms with van der Waals surface area (Å²) in [6.07, 6.45) is 0.564. The summed E-state index contributed by atoms with van der Waals surface area (Å²) in [6, 6.07) is 11.5. The molecule has 2 amide bonds. The van der Waals surface area contributed by atoms with Crippen LogP contribution in [-0.2, 0) is 17.8 Å². The van der Waals surface area contributed by atoms with Crippen LogP contribution in [-0.4, -0.2) is 28.5 Å². The van der Waals surface area contributed by atoms with Gasteiger partial charge in [-0.1, -0.05) is 35.5 Å². The van der Waals surface area contributed by atoms with Crippen LogP contribution in [0.25, 0.3) is 0 Å². The third-order valence-corrected chi connectivity index (χ3v) is 4.03. The summed E-state index contributed by atoms with van der Waals surface area (Å²) in [5.41, 5.74) is 1.62. The van der Waals surface area contributed by atoms with Crippen LogP contribution in [0.5, 0.6) is 0 Å². The van der Waals surface area contributed by atoms with Crippen molar-refractivity contribution in [3.63, 3.8) is 0 Å². The highest BCUT2D eigenvalue weighted by Crippen LogP contribution is 2.07. The first-order chi connectivity index (χ1) is 12.2. The Morgan fingerprint density at radius 1 is 1.12 bits per heavy atom. The van der Waals surface area contributed by atoms with E-state index in [1.807, 2.05) is 30.3 Å². The van der Waals surface area contributed by atoms with Crippen molar-refractivity contribution in [1.29, 1.82) is 0 Å². The summed E-state index contributed by atoms with van der Waals surface area (Å²) < 4.78 is 5.11. The summed E-state index contributed by atoms with van der Waals surface area (Å²) in [5, 5.41) is 12.6. The Morgan fingerprint density at radius 2 is 1.96 bits per heavy atom. The molecule has 7 nitrogen and oxygen atoms in total. The van der Waals surface area contributed by atoms with Gasteiger partial charge in [-0.2, -0.15) is 16.3 Å². The largest absolute Gasteiger partial charge is 0.345 e. The molecule has 2 N–H and O–H groups in total. The van der Waals surface area contributed by atoms with Crippen molar-refractivity contribution in [2.24, 2.45) is 0 Å². The van der Waals surface area contributed by atoms with Crippen LogP contribution in [0, 0.1) is 0 Å². The van der Waals surface area contributed by atoms with E-state index in [0.717, 1.165) is 5.56 Å². The van der Waals surface area contributed by atoms with E-state index < -0.39 is 0 Å². The number of benzene rings is 1. The predicted molar refractivity (Wildman–Crippen MR) is 92.0 cm³/mol. The van der Waals surface area contributed by atoms with E-state index in [4.69, 9.17) is 4.52 Å². The van der Waals surface area contributed by atoms with Crippen LogP contribution in [0.1, 0.15) is 27.6 Å². The Hall–Kier alpha value is -3.00. The lowest BCUT2D eigenvalue weighted by Crippen LogP contribution is -2.36. The van der Waals surface area contributed by atoms with Gasteiger partial charge in [0.05, 0.1) is 13.1 Å². The third kappa shape index (κ3) is 4.98. The van der Waals surface area contributed by atoms with Crippen LogP contribution in [0.15, 0.2) is 51.7 Å². The fourth-order valence-corrected chi connectivity index (χ4v) is 2.74. The Bertz CT molecular complexity index is 831. The molecule has 2 aromatic heterocycles. The molecular weight excluding hydrogens is 340 g/mol. The van der Waals surface area contributed by atoms with Gasteiger partial charge in [-0.05, 0) is 17.0 Å². The molecule has 0 aliphatic heterocycles. The van der Waals surface area contributed by atoms with Crippen molar-refractivity contribution < 1.29 is 14.1 Å². The molecule has 0 saturated heterocycles. The van der Waals surface area contributed by atoms with Crippen LogP contribution in [0.3, 0.4) is 0 Å². The highest BCUT2D eigenvalue weighted by atomic mass is 32.1. The molecule has 0 aliphatic rings. The molecule has 0 bridgehead atoms. The Kier molecular flexibility index (Phi) is 5.53. The molecule has 0 fully saturated rings. The number of nitrogens with one attached hydrogen (secondary N) is 2.